The molecule has 19 heavy (non-hydrogen) atoms. The van der Waals surface area contributed by atoms with Crippen LogP contribution in [0.3, 0.4) is 0 Å². The standard InChI is InChI=1S/C13H18FN3O2/c1-15-12-11(7-9(14)8-16-12)13(18)17(2)10-3-5-19-6-4-10/h7-8,10H,3-6H2,1-2H3,(H,15,16). The molecule has 0 spiro atoms. The molecule has 1 N–H and O–H groups in total. The monoisotopic (exact) mass is 267 g/mol. The highest BCUT2D eigenvalue weighted by molar-refractivity contribution is 5.98. The maximum atomic E-state index is 13.3. The third-order valence-electron chi connectivity index (χ3n) is 3.38. The third-order valence-corrected chi connectivity index (χ3v) is 3.38. The number of amides is 1. The van der Waals surface area contributed by atoms with Crippen molar-refractivity contribution in [2.75, 3.05) is 32.6 Å². The van der Waals surface area contributed by atoms with Crippen molar-refractivity contribution < 1.29 is 13.9 Å². The Balaban J connectivity index is 2.20. The fraction of sp³-hybridized carbons (Fsp3) is 0.538. The molecule has 1 saturated heterocycles. The summed E-state index contributed by atoms with van der Waals surface area (Å²) < 4.78 is 18.5. The summed E-state index contributed by atoms with van der Waals surface area (Å²) in [4.78, 5) is 18.0. The normalized spacial score (nSPS) is 16.2. The van der Waals surface area contributed by atoms with Gasteiger partial charge in [0.15, 0.2) is 0 Å². The van der Waals surface area contributed by atoms with E-state index in [4.69, 9.17) is 4.74 Å². The van der Waals surface area contributed by atoms with Gasteiger partial charge >= 0.3 is 0 Å². The predicted octanol–water partition coefficient (Wildman–Crippen LogP) is 1.51. The zero-order valence-corrected chi connectivity index (χ0v) is 11.1. The molecule has 2 heterocycles. The number of ether oxygens (including phenoxy) is 1. The van der Waals surface area contributed by atoms with Crippen molar-refractivity contribution in [3.8, 4) is 0 Å². The average Bonchev–Trinajstić information content (AvgIpc) is 2.46. The number of carbonyl (C=O) groups excluding carboxylic acids is 1. The fourth-order valence-corrected chi connectivity index (χ4v) is 2.23. The predicted molar refractivity (Wildman–Crippen MR) is 69.7 cm³/mol. The van der Waals surface area contributed by atoms with Gasteiger partial charge in [-0.05, 0) is 18.9 Å². The molecule has 0 atom stereocenters. The minimum absolute atomic E-state index is 0.134. The Morgan fingerprint density at radius 2 is 2.21 bits per heavy atom. The van der Waals surface area contributed by atoms with Crippen molar-refractivity contribution >= 4 is 11.7 Å². The van der Waals surface area contributed by atoms with Gasteiger partial charge in [-0.25, -0.2) is 9.37 Å². The Labute approximate surface area is 111 Å². The molecule has 0 saturated carbocycles. The molecule has 0 radical (unpaired) electrons. The number of aromatic nitrogens is 1. The van der Waals surface area contributed by atoms with Crippen LogP contribution < -0.4 is 5.32 Å². The maximum absolute atomic E-state index is 13.3. The van der Waals surface area contributed by atoms with Gasteiger partial charge in [0.1, 0.15) is 11.6 Å². The molecule has 6 heteroatoms. The highest BCUT2D eigenvalue weighted by atomic mass is 19.1. The number of hydrogen-bond acceptors (Lipinski definition) is 4. The first-order valence-electron chi connectivity index (χ1n) is 6.31. The van der Waals surface area contributed by atoms with Crippen LogP contribution in [-0.2, 0) is 4.74 Å². The third kappa shape index (κ3) is 3.01. The van der Waals surface area contributed by atoms with E-state index in [0.717, 1.165) is 19.0 Å². The van der Waals surface area contributed by atoms with Gasteiger partial charge in [0.25, 0.3) is 5.91 Å². The number of nitrogens with one attached hydrogen (secondary N) is 1. The number of halogens is 1. The van der Waals surface area contributed by atoms with Crippen LogP contribution in [0.15, 0.2) is 12.3 Å². The van der Waals surface area contributed by atoms with Crippen molar-refractivity contribution in [1.82, 2.24) is 9.88 Å². The summed E-state index contributed by atoms with van der Waals surface area (Å²) in [6.07, 6.45) is 2.71. The highest BCUT2D eigenvalue weighted by Gasteiger charge is 2.25. The van der Waals surface area contributed by atoms with E-state index in [0.29, 0.717) is 19.0 Å². The lowest BCUT2D eigenvalue weighted by molar-refractivity contribution is 0.0362. The van der Waals surface area contributed by atoms with Gasteiger partial charge in [-0.3, -0.25) is 4.79 Å². The van der Waals surface area contributed by atoms with Crippen LogP contribution in [0.4, 0.5) is 10.2 Å². The lowest BCUT2D eigenvalue weighted by Crippen LogP contribution is -2.40. The van der Waals surface area contributed by atoms with Gasteiger partial charge in [-0.15, -0.1) is 0 Å². The second-order valence-electron chi connectivity index (χ2n) is 4.56. The van der Waals surface area contributed by atoms with E-state index in [1.807, 2.05) is 0 Å². The minimum Gasteiger partial charge on any atom is -0.381 e. The van der Waals surface area contributed by atoms with Crippen molar-refractivity contribution in [2.24, 2.45) is 0 Å². The number of rotatable bonds is 3. The van der Waals surface area contributed by atoms with Crippen LogP contribution in [0, 0.1) is 5.82 Å². The minimum atomic E-state index is -0.511. The average molecular weight is 267 g/mol. The van der Waals surface area contributed by atoms with Crippen molar-refractivity contribution in [1.29, 1.82) is 0 Å². The van der Waals surface area contributed by atoms with Crippen LogP contribution in [-0.4, -0.2) is 49.1 Å². The summed E-state index contributed by atoms with van der Waals surface area (Å²) in [5.74, 6) is -0.337. The van der Waals surface area contributed by atoms with E-state index in [2.05, 4.69) is 10.3 Å². The van der Waals surface area contributed by atoms with Crippen LogP contribution in [0.1, 0.15) is 23.2 Å². The van der Waals surface area contributed by atoms with E-state index in [-0.39, 0.29) is 17.5 Å². The van der Waals surface area contributed by atoms with Gasteiger partial charge in [-0.2, -0.15) is 0 Å². The van der Waals surface area contributed by atoms with Crippen LogP contribution in [0.5, 0.6) is 0 Å². The van der Waals surface area contributed by atoms with Gasteiger partial charge < -0.3 is 15.0 Å². The molecule has 104 valence electrons. The summed E-state index contributed by atoms with van der Waals surface area (Å²) >= 11 is 0. The summed E-state index contributed by atoms with van der Waals surface area (Å²) in [7, 11) is 3.40. The lowest BCUT2D eigenvalue weighted by atomic mass is 10.1. The molecule has 1 aromatic heterocycles. The molecule has 0 aliphatic carbocycles. The fourth-order valence-electron chi connectivity index (χ4n) is 2.23. The molecular formula is C13H18FN3O2. The first-order valence-corrected chi connectivity index (χ1v) is 6.31. The van der Waals surface area contributed by atoms with E-state index < -0.39 is 5.82 Å². The molecule has 1 fully saturated rings. The molecule has 5 nitrogen and oxygen atoms in total. The Hall–Kier alpha value is -1.69. The summed E-state index contributed by atoms with van der Waals surface area (Å²) in [6, 6.07) is 1.35. The molecule has 1 aromatic rings. The first-order chi connectivity index (χ1) is 9.13. The molecule has 1 amide bonds. The topological polar surface area (TPSA) is 54.5 Å². The van der Waals surface area contributed by atoms with Crippen molar-refractivity contribution in [3.05, 3.63) is 23.6 Å². The molecule has 0 bridgehead atoms. The van der Waals surface area contributed by atoms with Crippen molar-refractivity contribution in [2.45, 2.75) is 18.9 Å². The molecule has 2 rings (SSSR count). The molecular weight excluding hydrogens is 249 g/mol. The van der Waals surface area contributed by atoms with E-state index >= 15 is 0 Å². The van der Waals surface area contributed by atoms with Gasteiger partial charge in [0, 0.05) is 33.4 Å². The summed E-state index contributed by atoms with van der Waals surface area (Å²) in [5.41, 5.74) is 0.261. The zero-order chi connectivity index (χ0) is 13.8. The number of hydrogen-bond donors (Lipinski definition) is 1. The van der Waals surface area contributed by atoms with Gasteiger partial charge in [0.05, 0.1) is 11.8 Å². The van der Waals surface area contributed by atoms with E-state index in [1.165, 1.54) is 6.07 Å². The Bertz CT molecular complexity index is 461. The largest absolute Gasteiger partial charge is 0.381 e. The van der Waals surface area contributed by atoms with Crippen LogP contribution >= 0.6 is 0 Å². The van der Waals surface area contributed by atoms with E-state index in [9.17, 15) is 9.18 Å². The van der Waals surface area contributed by atoms with Crippen LogP contribution in [0.2, 0.25) is 0 Å². The number of anilines is 1. The number of pyridine rings is 1. The van der Waals surface area contributed by atoms with Crippen molar-refractivity contribution in [3.63, 3.8) is 0 Å². The van der Waals surface area contributed by atoms with Crippen LogP contribution in [0.25, 0.3) is 0 Å². The Kier molecular flexibility index (Phi) is 4.31. The first kappa shape index (κ1) is 13.7. The molecule has 0 unspecified atom stereocenters. The SMILES string of the molecule is CNc1ncc(F)cc1C(=O)N(C)C1CCOCC1. The van der Waals surface area contributed by atoms with E-state index in [1.54, 1.807) is 19.0 Å². The second-order valence-corrected chi connectivity index (χ2v) is 4.56. The van der Waals surface area contributed by atoms with Gasteiger partial charge in [0.2, 0.25) is 0 Å². The molecule has 1 aliphatic rings. The molecule has 1 aliphatic heterocycles. The highest BCUT2D eigenvalue weighted by Crippen LogP contribution is 2.19. The molecule has 0 aromatic carbocycles. The Morgan fingerprint density at radius 3 is 2.84 bits per heavy atom. The van der Waals surface area contributed by atoms with Gasteiger partial charge in [-0.1, -0.05) is 0 Å². The Morgan fingerprint density at radius 1 is 1.53 bits per heavy atom. The second kappa shape index (κ2) is 5.97. The zero-order valence-electron chi connectivity index (χ0n) is 11.1. The lowest BCUT2D eigenvalue weighted by Gasteiger charge is -2.31. The summed E-state index contributed by atoms with van der Waals surface area (Å²) in [5, 5.41) is 2.81. The number of carbonyl (C=O) groups is 1. The quantitative estimate of drug-likeness (QED) is 0.902. The maximum Gasteiger partial charge on any atom is 0.257 e. The summed E-state index contributed by atoms with van der Waals surface area (Å²) in [6.45, 7) is 1.31. The smallest absolute Gasteiger partial charge is 0.257 e. The number of nitrogens with zero attached hydrogens (tertiary/aromatic N) is 2.